The number of nitrogens with zero attached hydrogens (tertiary/aromatic N) is 1. The molecule has 0 spiro atoms. The van der Waals surface area contributed by atoms with Crippen molar-refractivity contribution in [3.05, 3.63) is 22.8 Å². The van der Waals surface area contributed by atoms with Crippen molar-refractivity contribution in [1.29, 1.82) is 0 Å². The molecule has 2 heterocycles. The Hall–Kier alpha value is -0.840. The molecule has 1 aliphatic carbocycles. The van der Waals surface area contributed by atoms with E-state index >= 15 is 0 Å². The zero-order valence-electron chi connectivity index (χ0n) is 10.9. The summed E-state index contributed by atoms with van der Waals surface area (Å²) in [5, 5.41) is 4.14. The van der Waals surface area contributed by atoms with Gasteiger partial charge >= 0.3 is 0 Å². The smallest absolute Gasteiger partial charge is 0.213 e. The molecule has 3 rings (SSSR count). The fourth-order valence-electron chi connectivity index (χ4n) is 2.17. The van der Waals surface area contributed by atoms with E-state index in [0.717, 1.165) is 31.6 Å². The van der Waals surface area contributed by atoms with Gasteiger partial charge in [0.15, 0.2) is 0 Å². The standard InChI is InChI=1S/C14H19ClN2O2/c15-13-8-17-14(19-9-12-2-1-5-18-12)6-10(13)7-16-11-3-4-11/h6,8,11-12,16H,1-5,7,9H2. The molecule has 0 aromatic carbocycles. The highest BCUT2D eigenvalue weighted by Crippen LogP contribution is 2.23. The number of pyridine rings is 1. The molecule has 4 nitrogen and oxygen atoms in total. The van der Waals surface area contributed by atoms with Crippen LogP contribution in [0.2, 0.25) is 5.02 Å². The van der Waals surface area contributed by atoms with Crippen molar-refractivity contribution in [2.75, 3.05) is 13.2 Å². The summed E-state index contributed by atoms with van der Waals surface area (Å²) in [4.78, 5) is 4.21. The summed E-state index contributed by atoms with van der Waals surface area (Å²) in [7, 11) is 0. The molecule has 1 aromatic heterocycles. The van der Waals surface area contributed by atoms with Crippen molar-refractivity contribution in [2.24, 2.45) is 0 Å². The van der Waals surface area contributed by atoms with Gasteiger partial charge in [0.05, 0.1) is 11.1 Å². The molecule has 1 aliphatic heterocycles. The third-order valence-electron chi connectivity index (χ3n) is 3.51. The summed E-state index contributed by atoms with van der Waals surface area (Å²) >= 11 is 6.14. The molecule has 2 fully saturated rings. The molecule has 1 saturated heterocycles. The van der Waals surface area contributed by atoms with Gasteiger partial charge in [0.25, 0.3) is 0 Å². The Morgan fingerprint density at radius 3 is 3.05 bits per heavy atom. The second kappa shape index (κ2) is 6.07. The predicted octanol–water partition coefficient (Wildman–Crippen LogP) is 2.54. The highest BCUT2D eigenvalue weighted by molar-refractivity contribution is 6.31. The van der Waals surface area contributed by atoms with Crippen molar-refractivity contribution in [2.45, 2.75) is 44.4 Å². The van der Waals surface area contributed by atoms with Gasteiger partial charge in [0.2, 0.25) is 5.88 Å². The first-order valence-corrected chi connectivity index (χ1v) is 7.31. The largest absolute Gasteiger partial charge is 0.475 e. The van der Waals surface area contributed by atoms with E-state index in [9.17, 15) is 0 Å². The summed E-state index contributed by atoms with van der Waals surface area (Å²) < 4.78 is 11.2. The molecule has 0 bridgehead atoms. The van der Waals surface area contributed by atoms with E-state index in [2.05, 4.69) is 10.3 Å². The Kier molecular flexibility index (Phi) is 4.21. The highest BCUT2D eigenvalue weighted by Gasteiger charge is 2.21. The molecule has 5 heteroatoms. The molecular formula is C14H19ClN2O2. The molecule has 104 valence electrons. The summed E-state index contributed by atoms with van der Waals surface area (Å²) in [5.74, 6) is 0.632. The van der Waals surface area contributed by atoms with Gasteiger partial charge in [-0.3, -0.25) is 0 Å². The van der Waals surface area contributed by atoms with Gasteiger partial charge in [-0.15, -0.1) is 0 Å². The SMILES string of the molecule is Clc1cnc(OCC2CCCO2)cc1CNC1CC1. The topological polar surface area (TPSA) is 43.4 Å². The van der Waals surface area contributed by atoms with Gasteiger partial charge < -0.3 is 14.8 Å². The maximum absolute atomic E-state index is 6.14. The van der Waals surface area contributed by atoms with Crippen LogP contribution in [0, 0.1) is 0 Å². The second-order valence-corrected chi connectivity index (χ2v) is 5.62. The zero-order valence-corrected chi connectivity index (χ0v) is 11.7. The van der Waals surface area contributed by atoms with Crippen molar-refractivity contribution in [3.8, 4) is 5.88 Å². The maximum atomic E-state index is 6.14. The zero-order chi connectivity index (χ0) is 13.1. The van der Waals surface area contributed by atoms with Crippen LogP contribution in [0.5, 0.6) is 5.88 Å². The van der Waals surface area contributed by atoms with E-state index in [1.54, 1.807) is 6.20 Å². The Bertz CT molecular complexity index is 431. The number of aromatic nitrogens is 1. The second-order valence-electron chi connectivity index (χ2n) is 5.22. The number of rotatable bonds is 6. The summed E-state index contributed by atoms with van der Waals surface area (Å²) in [6.45, 7) is 2.20. The molecule has 0 amide bonds. The first-order chi connectivity index (χ1) is 9.31. The lowest BCUT2D eigenvalue weighted by atomic mass is 10.2. The molecular weight excluding hydrogens is 264 g/mol. The van der Waals surface area contributed by atoms with E-state index in [1.807, 2.05) is 6.07 Å². The molecule has 1 saturated carbocycles. The quantitative estimate of drug-likeness (QED) is 0.871. The average molecular weight is 283 g/mol. The van der Waals surface area contributed by atoms with Crippen LogP contribution >= 0.6 is 11.6 Å². The van der Waals surface area contributed by atoms with Crippen molar-refractivity contribution < 1.29 is 9.47 Å². The summed E-state index contributed by atoms with van der Waals surface area (Å²) in [6, 6.07) is 2.59. The van der Waals surface area contributed by atoms with Gasteiger partial charge in [-0.25, -0.2) is 4.98 Å². The molecule has 0 radical (unpaired) electrons. The van der Waals surface area contributed by atoms with Crippen molar-refractivity contribution >= 4 is 11.6 Å². The molecule has 19 heavy (non-hydrogen) atoms. The van der Waals surface area contributed by atoms with Crippen LogP contribution in [-0.4, -0.2) is 30.3 Å². The lowest BCUT2D eigenvalue weighted by molar-refractivity contribution is 0.0663. The Labute approximate surface area is 118 Å². The summed E-state index contributed by atoms with van der Waals surface area (Å²) in [5.41, 5.74) is 1.05. The van der Waals surface area contributed by atoms with Gasteiger partial charge in [0.1, 0.15) is 6.61 Å². The van der Waals surface area contributed by atoms with E-state index < -0.39 is 0 Å². The van der Waals surface area contributed by atoms with Crippen LogP contribution in [0.1, 0.15) is 31.2 Å². The lowest BCUT2D eigenvalue weighted by Gasteiger charge is -2.12. The Morgan fingerprint density at radius 1 is 1.42 bits per heavy atom. The van der Waals surface area contributed by atoms with E-state index in [4.69, 9.17) is 21.1 Å². The predicted molar refractivity (Wildman–Crippen MR) is 73.6 cm³/mol. The van der Waals surface area contributed by atoms with Crippen molar-refractivity contribution in [3.63, 3.8) is 0 Å². The fraction of sp³-hybridized carbons (Fsp3) is 0.643. The highest BCUT2D eigenvalue weighted by atomic mass is 35.5. The Balaban J connectivity index is 1.55. The number of nitrogens with one attached hydrogen (secondary N) is 1. The Morgan fingerprint density at radius 2 is 2.32 bits per heavy atom. The van der Waals surface area contributed by atoms with Crippen LogP contribution in [0.3, 0.4) is 0 Å². The number of hydrogen-bond acceptors (Lipinski definition) is 4. The van der Waals surface area contributed by atoms with Gasteiger partial charge in [-0.05, 0) is 31.2 Å². The molecule has 1 atom stereocenters. The normalized spacial score (nSPS) is 22.7. The monoisotopic (exact) mass is 282 g/mol. The number of ether oxygens (including phenoxy) is 2. The van der Waals surface area contributed by atoms with Crippen LogP contribution in [0.4, 0.5) is 0 Å². The van der Waals surface area contributed by atoms with E-state index in [0.29, 0.717) is 23.6 Å². The number of hydrogen-bond donors (Lipinski definition) is 1. The third-order valence-corrected chi connectivity index (χ3v) is 3.85. The molecule has 1 N–H and O–H groups in total. The summed E-state index contributed by atoms with van der Waals surface area (Å²) in [6.07, 6.45) is 6.61. The molecule has 1 unspecified atom stereocenters. The van der Waals surface area contributed by atoms with Gasteiger partial charge in [-0.1, -0.05) is 11.6 Å². The first kappa shape index (κ1) is 13.2. The minimum Gasteiger partial charge on any atom is -0.475 e. The minimum absolute atomic E-state index is 0.213. The van der Waals surface area contributed by atoms with Crippen LogP contribution < -0.4 is 10.1 Å². The number of halogens is 1. The minimum atomic E-state index is 0.213. The lowest BCUT2D eigenvalue weighted by Crippen LogP contribution is -2.18. The third kappa shape index (κ3) is 3.81. The van der Waals surface area contributed by atoms with Crippen LogP contribution in [-0.2, 0) is 11.3 Å². The van der Waals surface area contributed by atoms with Gasteiger partial charge in [-0.2, -0.15) is 0 Å². The fourth-order valence-corrected chi connectivity index (χ4v) is 2.34. The van der Waals surface area contributed by atoms with E-state index in [-0.39, 0.29) is 6.10 Å². The molecule has 1 aromatic rings. The maximum Gasteiger partial charge on any atom is 0.213 e. The van der Waals surface area contributed by atoms with E-state index in [1.165, 1.54) is 12.8 Å². The first-order valence-electron chi connectivity index (χ1n) is 6.93. The van der Waals surface area contributed by atoms with Crippen molar-refractivity contribution in [1.82, 2.24) is 10.3 Å². The average Bonchev–Trinajstić information content (AvgIpc) is 3.10. The van der Waals surface area contributed by atoms with Crippen LogP contribution in [0.25, 0.3) is 0 Å². The molecule has 2 aliphatic rings. The van der Waals surface area contributed by atoms with Gasteiger partial charge in [0, 0.05) is 31.5 Å². The van der Waals surface area contributed by atoms with Crippen LogP contribution in [0.15, 0.2) is 12.3 Å².